The number of ether oxygens (including phenoxy) is 1. The Bertz CT molecular complexity index is 369. The highest BCUT2D eigenvalue weighted by atomic mass is 16.5. The van der Waals surface area contributed by atoms with Crippen LogP contribution in [-0.2, 0) is 14.3 Å². The van der Waals surface area contributed by atoms with Crippen LogP contribution in [0.1, 0.15) is 65.2 Å². The molecule has 1 aliphatic heterocycles. The van der Waals surface area contributed by atoms with E-state index in [1.54, 1.807) is 0 Å². The number of rotatable bonds is 6. The Morgan fingerprint density at radius 2 is 2.10 bits per heavy atom. The van der Waals surface area contributed by atoms with E-state index >= 15 is 0 Å². The molecule has 2 aliphatic rings. The standard InChI is InChI=1S/C17H29NO3/c1-3-8-15(17(20)21-4-2)18-12-6-5-10-14(18)13-9-7-11-16(13)19/h13-15H,3-12H2,1-2H3. The summed E-state index contributed by atoms with van der Waals surface area (Å²) in [6.45, 7) is 5.32. The number of carbonyl (C=O) groups is 2. The van der Waals surface area contributed by atoms with Gasteiger partial charge < -0.3 is 4.74 Å². The van der Waals surface area contributed by atoms with E-state index in [0.29, 0.717) is 12.4 Å². The molecule has 0 aromatic heterocycles. The quantitative estimate of drug-likeness (QED) is 0.707. The van der Waals surface area contributed by atoms with Crippen molar-refractivity contribution < 1.29 is 14.3 Å². The largest absolute Gasteiger partial charge is 0.465 e. The van der Waals surface area contributed by atoms with Gasteiger partial charge in [-0.2, -0.15) is 0 Å². The van der Waals surface area contributed by atoms with Crippen molar-refractivity contribution >= 4 is 11.8 Å². The lowest BCUT2D eigenvalue weighted by molar-refractivity contribution is -0.153. The van der Waals surface area contributed by atoms with Crippen LogP contribution in [0.5, 0.6) is 0 Å². The Balaban J connectivity index is 2.14. The van der Waals surface area contributed by atoms with Crippen LogP contribution in [0.3, 0.4) is 0 Å². The summed E-state index contributed by atoms with van der Waals surface area (Å²) in [7, 11) is 0. The average Bonchev–Trinajstić information content (AvgIpc) is 2.91. The fourth-order valence-corrected chi connectivity index (χ4v) is 3.98. The number of ketones is 1. The molecule has 4 nitrogen and oxygen atoms in total. The highest BCUT2D eigenvalue weighted by molar-refractivity contribution is 5.83. The number of esters is 1. The van der Waals surface area contributed by atoms with Gasteiger partial charge >= 0.3 is 5.97 Å². The Hall–Kier alpha value is -0.900. The zero-order valence-corrected chi connectivity index (χ0v) is 13.5. The van der Waals surface area contributed by atoms with E-state index in [1.165, 1.54) is 6.42 Å². The van der Waals surface area contributed by atoms with Crippen LogP contribution in [-0.4, -0.2) is 41.9 Å². The number of hydrogen-bond acceptors (Lipinski definition) is 4. The maximum Gasteiger partial charge on any atom is 0.323 e. The van der Waals surface area contributed by atoms with Crippen LogP contribution in [0, 0.1) is 5.92 Å². The summed E-state index contributed by atoms with van der Waals surface area (Å²) >= 11 is 0. The summed E-state index contributed by atoms with van der Waals surface area (Å²) in [4.78, 5) is 26.8. The zero-order valence-electron chi connectivity index (χ0n) is 13.5. The van der Waals surface area contributed by atoms with Crippen molar-refractivity contribution in [1.29, 1.82) is 0 Å². The molecule has 1 saturated heterocycles. The number of likely N-dealkylation sites (tertiary alicyclic amines) is 1. The van der Waals surface area contributed by atoms with E-state index in [1.807, 2.05) is 6.92 Å². The lowest BCUT2D eigenvalue weighted by Crippen LogP contribution is -2.53. The summed E-state index contributed by atoms with van der Waals surface area (Å²) < 4.78 is 5.28. The van der Waals surface area contributed by atoms with Gasteiger partial charge in [-0.15, -0.1) is 0 Å². The molecule has 120 valence electrons. The second kappa shape index (κ2) is 7.92. The second-order valence-corrected chi connectivity index (χ2v) is 6.32. The van der Waals surface area contributed by atoms with Gasteiger partial charge in [0.2, 0.25) is 0 Å². The second-order valence-electron chi connectivity index (χ2n) is 6.32. The van der Waals surface area contributed by atoms with E-state index in [2.05, 4.69) is 11.8 Å². The molecule has 1 heterocycles. The number of hydrogen-bond donors (Lipinski definition) is 0. The Morgan fingerprint density at radius 1 is 1.29 bits per heavy atom. The minimum Gasteiger partial charge on any atom is -0.465 e. The predicted molar refractivity (Wildman–Crippen MR) is 82.0 cm³/mol. The topological polar surface area (TPSA) is 46.6 Å². The van der Waals surface area contributed by atoms with Crippen LogP contribution in [0.15, 0.2) is 0 Å². The highest BCUT2D eigenvalue weighted by Gasteiger charge is 2.41. The summed E-state index contributed by atoms with van der Waals surface area (Å²) in [6, 6.07) is 0.100. The van der Waals surface area contributed by atoms with E-state index < -0.39 is 0 Å². The first-order valence-electron chi connectivity index (χ1n) is 8.64. The summed E-state index contributed by atoms with van der Waals surface area (Å²) in [6.07, 6.45) is 7.89. The monoisotopic (exact) mass is 295 g/mol. The van der Waals surface area contributed by atoms with Crippen LogP contribution < -0.4 is 0 Å². The van der Waals surface area contributed by atoms with Gasteiger partial charge in [0.15, 0.2) is 0 Å². The van der Waals surface area contributed by atoms with Gasteiger partial charge in [0.1, 0.15) is 11.8 Å². The molecule has 4 heteroatoms. The van der Waals surface area contributed by atoms with E-state index in [0.717, 1.165) is 51.5 Å². The first-order chi connectivity index (χ1) is 10.2. The van der Waals surface area contributed by atoms with Crippen LogP contribution in [0.25, 0.3) is 0 Å². The van der Waals surface area contributed by atoms with E-state index in [4.69, 9.17) is 4.74 Å². The van der Waals surface area contributed by atoms with Gasteiger partial charge in [-0.05, 0) is 45.6 Å². The molecule has 0 aromatic carbocycles. The first kappa shape index (κ1) is 16.5. The lowest BCUT2D eigenvalue weighted by atomic mass is 9.86. The highest BCUT2D eigenvalue weighted by Crippen LogP contribution is 2.34. The molecule has 21 heavy (non-hydrogen) atoms. The van der Waals surface area contributed by atoms with Gasteiger partial charge in [-0.3, -0.25) is 14.5 Å². The molecule has 0 radical (unpaired) electrons. The van der Waals surface area contributed by atoms with Gasteiger partial charge in [-0.1, -0.05) is 19.8 Å². The van der Waals surface area contributed by atoms with Crippen LogP contribution in [0.2, 0.25) is 0 Å². The molecule has 2 fully saturated rings. The summed E-state index contributed by atoms with van der Waals surface area (Å²) in [5.74, 6) is 0.460. The molecule has 0 aromatic rings. The third-order valence-corrected chi connectivity index (χ3v) is 4.93. The van der Waals surface area contributed by atoms with Gasteiger partial charge in [0, 0.05) is 18.4 Å². The van der Waals surface area contributed by atoms with Gasteiger partial charge in [-0.25, -0.2) is 0 Å². The number of Topliss-reactive ketones (excluding diaryl/α,β-unsaturated/α-hetero) is 1. The number of carbonyl (C=O) groups excluding carboxylic acids is 2. The van der Waals surface area contributed by atoms with Crippen molar-refractivity contribution in [3.63, 3.8) is 0 Å². The molecule has 0 bridgehead atoms. The Labute approximate surface area is 128 Å². The fourth-order valence-electron chi connectivity index (χ4n) is 3.98. The molecule has 0 amide bonds. The summed E-state index contributed by atoms with van der Waals surface area (Å²) in [5, 5.41) is 0. The molecule has 0 spiro atoms. The van der Waals surface area contributed by atoms with Crippen LogP contribution in [0.4, 0.5) is 0 Å². The molecule has 1 aliphatic carbocycles. The van der Waals surface area contributed by atoms with Gasteiger partial charge in [0.05, 0.1) is 6.61 Å². The molecule has 3 unspecified atom stereocenters. The van der Waals surface area contributed by atoms with Crippen molar-refractivity contribution in [2.45, 2.75) is 77.3 Å². The van der Waals surface area contributed by atoms with Crippen molar-refractivity contribution in [2.24, 2.45) is 5.92 Å². The van der Waals surface area contributed by atoms with Gasteiger partial charge in [0.25, 0.3) is 0 Å². The normalized spacial score (nSPS) is 28.6. The van der Waals surface area contributed by atoms with Crippen molar-refractivity contribution in [3.8, 4) is 0 Å². The molecule has 2 rings (SSSR count). The molecular weight excluding hydrogens is 266 g/mol. The van der Waals surface area contributed by atoms with Crippen molar-refractivity contribution in [3.05, 3.63) is 0 Å². The zero-order chi connectivity index (χ0) is 15.2. The third-order valence-electron chi connectivity index (χ3n) is 4.93. The molecule has 3 atom stereocenters. The van der Waals surface area contributed by atoms with Crippen molar-refractivity contribution in [1.82, 2.24) is 4.90 Å². The van der Waals surface area contributed by atoms with Crippen molar-refractivity contribution in [2.75, 3.05) is 13.2 Å². The maximum atomic E-state index is 12.3. The van der Waals surface area contributed by atoms with Crippen LogP contribution >= 0.6 is 0 Å². The third kappa shape index (κ3) is 3.85. The molecular formula is C17H29NO3. The Kier molecular flexibility index (Phi) is 6.22. The smallest absolute Gasteiger partial charge is 0.323 e. The molecule has 1 saturated carbocycles. The Morgan fingerprint density at radius 3 is 2.71 bits per heavy atom. The van der Waals surface area contributed by atoms with E-state index in [-0.39, 0.29) is 24.0 Å². The predicted octanol–water partition coefficient (Wildman–Crippen LogP) is 2.94. The maximum absolute atomic E-state index is 12.3. The number of nitrogens with zero attached hydrogens (tertiary/aromatic N) is 1. The fraction of sp³-hybridized carbons (Fsp3) is 0.882. The average molecular weight is 295 g/mol. The minimum atomic E-state index is -0.159. The summed E-state index contributed by atoms with van der Waals surface area (Å²) in [5.41, 5.74) is 0. The SMILES string of the molecule is CCCC(C(=O)OCC)N1CCCCC1C1CCCC1=O. The minimum absolute atomic E-state index is 0.100. The number of piperidine rings is 1. The van der Waals surface area contributed by atoms with E-state index in [9.17, 15) is 9.59 Å². The first-order valence-corrected chi connectivity index (χ1v) is 8.64. The lowest BCUT2D eigenvalue weighted by Gasteiger charge is -2.42. The molecule has 0 N–H and O–H groups in total.